The van der Waals surface area contributed by atoms with E-state index in [2.05, 4.69) is 35.5 Å². The Morgan fingerprint density at radius 1 is 1.35 bits per heavy atom. The topological polar surface area (TPSA) is 77.6 Å². The van der Waals surface area contributed by atoms with E-state index >= 15 is 0 Å². The van der Waals surface area contributed by atoms with Gasteiger partial charge in [-0.15, -0.1) is 5.11 Å². The Morgan fingerprint density at radius 2 is 2.17 bits per heavy atom. The first-order valence-corrected chi connectivity index (χ1v) is 8.50. The number of ketones is 1. The molecule has 4 aliphatic rings. The number of allylic oxidation sites excluding steroid dienone is 2. The van der Waals surface area contributed by atoms with Gasteiger partial charge in [0.25, 0.3) is 0 Å². The number of carbonyl (C=O) groups excluding carboxylic acids is 1. The van der Waals surface area contributed by atoms with Crippen molar-refractivity contribution in [2.24, 2.45) is 27.0 Å². The number of nitrogens with zero attached hydrogens (tertiary/aromatic N) is 3. The van der Waals surface area contributed by atoms with Crippen molar-refractivity contribution in [2.75, 3.05) is 6.54 Å². The summed E-state index contributed by atoms with van der Waals surface area (Å²) < 4.78 is 0. The molecule has 0 saturated heterocycles. The van der Waals surface area contributed by atoms with Crippen molar-refractivity contribution in [3.8, 4) is 6.07 Å². The van der Waals surface area contributed by atoms with Crippen LogP contribution in [-0.2, 0) is 4.79 Å². The van der Waals surface area contributed by atoms with Gasteiger partial charge in [0, 0.05) is 34.6 Å². The lowest BCUT2D eigenvalue weighted by Gasteiger charge is -2.48. The lowest BCUT2D eigenvalue weighted by Crippen LogP contribution is -2.46. The number of nitriles is 1. The highest BCUT2D eigenvalue weighted by atomic mass is 16.1. The zero-order valence-electron chi connectivity index (χ0n) is 13.8. The number of azo groups is 1. The van der Waals surface area contributed by atoms with Crippen molar-refractivity contribution >= 4 is 5.78 Å². The van der Waals surface area contributed by atoms with Crippen molar-refractivity contribution in [1.29, 1.82) is 5.26 Å². The molecule has 120 valence electrons. The second-order valence-electron chi connectivity index (χ2n) is 8.15. The molecule has 0 bridgehead atoms. The van der Waals surface area contributed by atoms with E-state index < -0.39 is 0 Å². The van der Waals surface area contributed by atoms with Crippen LogP contribution in [0.2, 0.25) is 0 Å². The first-order valence-electron chi connectivity index (χ1n) is 8.50. The largest absolute Gasteiger partial charge is 0.342 e. The van der Waals surface area contributed by atoms with E-state index in [9.17, 15) is 10.1 Å². The minimum Gasteiger partial charge on any atom is -0.342 e. The van der Waals surface area contributed by atoms with Gasteiger partial charge in [-0.1, -0.05) is 20.3 Å². The van der Waals surface area contributed by atoms with E-state index in [0.29, 0.717) is 13.0 Å². The maximum absolute atomic E-state index is 13.0. The van der Waals surface area contributed by atoms with Crippen LogP contribution < -0.4 is 5.32 Å². The number of hydrogen-bond acceptors (Lipinski definition) is 5. The Morgan fingerprint density at radius 3 is 2.96 bits per heavy atom. The second-order valence-corrected chi connectivity index (χ2v) is 8.15. The molecular weight excluding hydrogens is 288 g/mol. The molecule has 1 saturated carbocycles. The van der Waals surface area contributed by atoms with Crippen molar-refractivity contribution in [3.63, 3.8) is 0 Å². The smallest absolute Gasteiger partial charge is 0.162 e. The number of rotatable bonds is 0. The molecule has 1 N–H and O–H groups in total. The average Bonchev–Trinajstić information content (AvgIpc) is 2.94. The molecule has 2 heterocycles. The molecule has 1 spiro atoms. The summed E-state index contributed by atoms with van der Waals surface area (Å²) in [5.41, 5.74) is 2.80. The van der Waals surface area contributed by atoms with Crippen LogP contribution in [0.4, 0.5) is 0 Å². The zero-order valence-corrected chi connectivity index (χ0v) is 13.8. The molecule has 0 aromatic rings. The maximum Gasteiger partial charge on any atom is 0.162 e. The highest BCUT2D eigenvalue weighted by Gasteiger charge is 2.52. The number of fused-ring (bicyclic) bond motifs is 2. The van der Waals surface area contributed by atoms with Crippen LogP contribution >= 0.6 is 0 Å². The molecule has 1 fully saturated rings. The normalized spacial score (nSPS) is 35.0. The van der Waals surface area contributed by atoms with Crippen LogP contribution in [0.1, 0.15) is 52.4 Å². The monoisotopic (exact) mass is 310 g/mol. The van der Waals surface area contributed by atoms with Gasteiger partial charge >= 0.3 is 0 Å². The van der Waals surface area contributed by atoms with Crippen LogP contribution in [0.25, 0.3) is 0 Å². The van der Waals surface area contributed by atoms with E-state index in [-0.39, 0.29) is 22.5 Å². The Hall–Kier alpha value is -1.96. The molecule has 0 unspecified atom stereocenters. The number of dihydropyridines is 1. The van der Waals surface area contributed by atoms with Gasteiger partial charge in [-0.3, -0.25) is 4.79 Å². The van der Waals surface area contributed by atoms with Crippen molar-refractivity contribution in [2.45, 2.75) is 52.4 Å². The summed E-state index contributed by atoms with van der Waals surface area (Å²) in [5, 5.41) is 21.4. The Kier molecular flexibility index (Phi) is 3.03. The van der Waals surface area contributed by atoms with Crippen LogP contribution in [0.5, 0.6) is 0 Å². The van der Waals surface area contributed by atoms with Gasteiger partial charge in [-0.05, 0) is 31.1 Å². The van der Waals surface area contributed by atoms with Gasteiger partial charge in [0.2, 0.25) is 0 Å². The molecule has 4 rings (SSSR count). The Balaban J connectivity index is 1.86. The molecule has 5 heteroatoms. The van der Waals surface area contributed by atoms with Crippen molar-refractivity contribution < 1.29 is 4.79 Å². The number of hydrogen-bond donors (Lipinski definition) is 1. The number of carbonyl (C=O) groups is 1. The minimum atomic E-state index is -0.300. The summed E-state index contributed by atoms with van der Waals surface area (Å²) in [5.74, 6) is 1.11. The van der Waals surface area contributed by atoms with Crippen molar-refractivity contribution in [1.82, 2.24) is 5.32 Å². The van der Waals surface area contributed by atoms with Crippen LogP contribution in [0.3, 0.4) is 0 Å². The number of nitrogens with one attached hydrogen (secondary N) is 1. The molecule has 0 aromatic carbocycles. The fourth-order valence-electron chi connectivity index (χ4n) is 4.95. The summed E-state index contributed by atoms with van der Waals surface area (Å²) in [6.45, 7) is 4.85. The third kappa shape index (κ3) is 2.08. The maximum atomic E-state index is 13.0. The molecule has 2 atom stereocenters. The van der Waals surface area contributed by atoms with E-state index in [1.165, 1.54) is 0 Å². The van der Waals surface area contributed by atoms with Gasteiger partial charge in [-0.25, -0.2) is 0 Å². The zero-order chi connectivity index (χ0) is 16.2. The van der Waals surface area contributed by atoms with Crippen molar-refractivity contribution in [3.05, 3.63) is 22.7 Å². The van der Waals surface area contributed by atoms with Crippen LogP contribution in [-0.4, -0.2) is 12.3 Å². The van der Waals surface area contributed by atoms with Gasteiger partial charge in [0.15, 0.2) is 11.6 Å². The molecule has 0 radical (unpaired) electrons. The van der Waals surface area contributed by atoms with E-state index in [1.807, 2.05) is 0 Å². The minimum absolute atomic E-state index is 0.0210. The van der Waals surface area contributed by atoms with Gasteiger partial charge in [0.05, 0.1) is 12.6 Å². The predicted molar refractivity (Wildman–Crippen MR) is 84.9 cm³/mol. The summed E-state index contributed by atoms with van der Waals surface area (Å²) in [6.07, 6.45) is 5.07. The predicted octanol–water partition coefficient (Wildman–Crippen LogP) is 3.61. The summed E-state index contributed by atoms with van der Waals surface area (Å²) >= 11 is 0. The first kappa shape index (κ1) is 14.6. The third-order valence-electron chi connectivity index (χ3n) is 5.82. The average molecular weight is 310 g/mol. The lowest BCUT2D eigenvalue weighted by molar-refractivity contribution is -0.119. The van der Waals surface area contributed by atoms with Gasteiger partial charge in [0.1, 0.15) is 0 Å². The van der Waals surface area contributed by atoms with Gasteiger partial charge < -0.3 is 5.32 Å². The fraction of sp³-hybridized carbons (Fsp3) is 0.667. The highest BCUT2D eigenvalue weighted by molar-refractivity contribution is 6.00. The fourth-order valence-corrected chi connectivity index (χ4v) is 4.95. The first-order chi connectivity index (χ1) is 11.0. The SMILES string of the molecule is CC1(C)CC(=O)C2=C(C1)NC1=C(CN=N1)[C@@]21CCC[C@@H](C#N)C1. The van der Waals surface area contributed by atoms with E-state index in [0.717, 1.165) is 54.8 Å². The molecule has 0 aromatic heterocycles. The molecule has 2 aliphatic heterocycles. The molecular formula is C18H22N4O. The van der Waals surface area contributed by atoms with E-state index in [4.69, 9.17) is 0 Å². The lowest BCUT2D eigenvalue weighted by atomic mass is 9.56. The third-order valence-corrected chi connectivity index (χ3v) is 5.82. The molecule has 2 aliphatic carbocycles. The summed E-state index contributed by atoms with van der Waals surface area (Å²) in [4.78, 5) is 13.0. The van der Waals surface area contributed by atoms with Crippen LogP contribution in [0.15, 0.2) is 32.9 Å². The van der Waals surface area contributed by atoms with Crippen LogP contribution in [0, 0.1) is 28.1 Å². The molecule has 23 heavy (non-hydrogen) atoms. The summed E-state index contributed by atoms with van der Waals surface area (Å²) in [7, 11) is 0. The molecule has 5 nitrogen and oxygen atoms in total. The molecule has 0 amide bonds. The highest BCUT2D eigenvalue weighted by Crippen LogP contribution is 2.57. The van der Waals surface area contributed by atoms with E-state index in [1.54, 1.807) is 0 Å². The summed E-state index contributed by atoms with van der Waals surface area (Å²) in [6, 6.07) is 2.44. The quantitative estimate of drug-likeness (QED) is 0.742. The number of Topliss-reactive ketones (excluding diaryl/α,β-unsaturated/α-hetero) is 1. The Labute approximate surface area is 136 Å². The Bertz CT molecular complexity index is 722. The second kappa shape index (κ2) is 4.77. The van der Waals surface area contributed by atoms with Gasteiger partial charge in [-0.2, -0.15) is 10.4 Å². The standard InChI is InChI=1S/C18H22N4O/c1-17(2)7-13-15(14(23)8-17)18(5-3-4-11(6-18)9-19)12-10-20-22-16(12)21-13/h11,21H,3-8,10H2,1-2H3/t11-,18+/m1/s1.